The van der Waals surface area contributed by atoms with Crippen molar-refractivity contribution in [1.29, 1.82) is 0 Å². The molecular weight excluding hydrogens is 255 g/mol. The third kappa shape index (κ3) is 2.27. The molecule has 1 aliphatic heterocycles. The number of benzene rings is 1. The van der Waals surface area contributed by atoms with E-state index in [1.807, 2.05) is 25.1 Å². The SMILES string of the molecule is CCC(O)c1ccc(N2CCc3ccc(F)cc32)cn1. The summed E-state index contributed by atoms with van der Waals surface area (Å²) in [5.74, 6) is -0.221. The highest BCUT2D eigenvalue weighted by atomic mass is 19.1. The molecule has 0 spiro atoms. The van der Waals surface area contributed by atoms with Gasteiger partial charge in [0.25, 0.3) is 0 Å². The molecule has 1 unspecified atom stereocenters. The van der Waals surface area contributed by atoms with Gasteiger partial charge in [0, 0.05) is 12.2 Å². The summed E-state index contributed by atoms with van der Waals surface area (Å²) in [5, 5.41) is 9.75. The topological polar surface area (TPSA) is 36.4 Å². The summed E-state index contributed by atoms with van der Waals surface area (Å²) in [6, 6.07) is 8.67. The van der Waals surface area contributed by atoms with Gasteiger partial charge < -0.3 is 10.0 Å². The highest BCUT2D eigenvalue weighted by molar-refractivity contribution is 5.69. The van der Waals surface area contributed by atoms with Crippen molar-refractivity contribution in [2.75, 3.05) is 11.4 Å². The van der Waals surface area contributed by atoms with Crippen molar-refractivity contribution >= 4 is 11.4 Å². The molecule has 0 saturated carbocycles. The zero-order valence-electron chi connectivity index (χ0n) is 11.4. The van der Waals surface area contributed by atoms with E-state index >= 15 is 0 Å². The molecule has 0 aliphatic carbocycles. The van der Waals surface area contributed by atoms with Crippen molar-refractivity contribution in [2.24, 2.45) is 0 Å². The maximum atomic E-state index is 13.4. The molecular formula is C16H17FN2O. The molecule has 20 heavy (non-hydrogen) atoms. The van der Waals surface area contributed by atoms with Gasteiger partial charge >= 0.3 is 0 Å². The normalized spacial score (nSPS) is 15.2. The molecule has 0 saturated heterocycles. The minimum absolute atomic E-state index is 0.221. The largest absolute Gasteiger partial charge is 0.387 e. The molecule has 4 heteroatoms. The number of anilines is 2. The molecule has 1 atom stereocenters. The van der Waals surface area contributed by atoms with E-state index in [0.717, 1.165) is 29.9 Å². The Morgan fingerprint density at radius 2 is 2.20 bits per heavy atom. The van der Waals surface area contributed by atoms with E-state index in [2.05, 4.69) is 9.88 Å². The lowest BCUT2D eigenvalue weighted by Gasteiger charge is -2.19. The highest BCUT2D eigenvalue weighted by Gasteiger charge is 2.21. The predicted octanol–water partition coefficient (Wildman–Crippen LogP) is 3.36. The predicted molar refractivity (Wildman–Crippen MR) is 76.6 cm³/mol. The summed E-state index contributed by atoms with van der Waals surface area (Å²) in [6.45, 7) is 2.75. The molecule has 104 valence electrons. The van der Waals surface area contributed by atoms with E-state index in [-0.39, 0.29) is 5.82 Å². The molecule has 1 N–H and O–H groups in total. The summed E-state index contributed by atoms with van der Waals surface area (Å²) >= 11 is 0. The first-order valence-electron chi connectivity index (χ1n) is 6.89. The smallest absolute Gasteiger partial charge is 0.125 e. The Morgan fingerprint density at radius 1 is 1.35 bits per heavy atom. The maximum Gasteiger partial charge on any atom is 0.125 e. The van der Waals surface area contributed by atoms with Crippen LogP contribution in [0.4, 0.5) is 15.8 Å². The fraction of sp³-hybridized carbons (Fsp3) is 0.312. The number of aliphatic hydroxyl groups is 1. The Hall–Kier alpha value is -1.94. The second-order valence-corrected chi connectivity index (χ2v) is 5.04. The Morgan fingerprint density at radius 3 is 2.90 bits per heavy atom. The molecule has 1 aromatic carbocycles. The van der Waals surface area contributed by atoms with Crippen LogP contribution in [0.25, 0.3) is 0 Å². The lowest BCUT2D eigenvalue weighted by Crippen LogP contribution is -2.14. The summed E-state index contributed by atoms with van der Waals surface area (Å²) in [7, 11) is 0. The van der Waals surface area contributed by atoms with Crippen LogP contribution >= 0.6 is 0 Å². The first-order valence-corrected chi connectivity index (χ1v) is 6.89. The maximum absolute atomic E-state index is 13.4. The van der Waals surface area contributed by atoms with Gasteiger partial charge in [0.15, 0.2) is 0 Å². The van der Waals surface area contributed by atoms with Crippen LogP contribution in [0, 0.1) is 5.82 Å². The van der Waals surface area contributed by atoms with Gasteiger partial charge in [-0.3, -0.25) is 4.98 Å². The third-order valence-electron chi connectivity index (χ3n) is 3.75. The van der Waals surface area contributed by atoms with Gasteiger partial charge in [-0.05, 0) is 42.7 Å². The second-order valence-electron chi connectivity index (χ2n) is 5.04. The molecule has 3 rings (SSSR count). The first kappa shape index (κ1) is 13.1. The zero-order valence-corrected chi connectivity index (χ0v) is 11.4. The Labute approximate surface area is 117 Å². The van der Waals surface area contributed by atoms with Crippen LogP contribution in [0.1, 0.15) is 30.7 Å². The molecule has 0 bridgehead atoms. The van der Waals surface area contributed by atoms with Crippen LogP contribution in [-0.4, -0.2) is 16.6 Å². The molecule has 2 aromatic rings. The van der Waals surface area contributed by atoms with Crippen molar-refractivity contribution in [3.8, 4) is 0 Å². The van der Waals surface area contributed by atoms with Crippen molar-refractivity contribution in [2.45, 2.75) is 25.9 Å². The quantitative estimate of drug-likeness (QED) is 0.930. The van der Waals surface area contributed by atoms with Gasteiger partial charge in [0.1, 0.15) is 5.82 Å². The van der Waals surface area contributed by atoms with Crippen LogP contribution in [0.3, 0.4) is 0 Å². The number of rotatable bonds is 3. The lowest BCUT2D eigenvalue weighted by molar-refractivity contribution is 0.169. The van der Waals surface area contributed by atoms with Gasteiger partial charge in [0.2, 0.25) is 0 Å². The van der Waals surface area contributed by atoms with Crippen molar-refractivity contribution in [3.63, 3.8) is 0 Å². The van der Waals surface area contributed by atoms with Crippen LogP contribution < -0.4 is 4.90 Å². The fourth-order valence-corrected chi connectivity index (χ4v) is 2.58. The lowest BCUT2D eigenvalue weighted by atomic mass is 10.1. The number of pyridine rings is 1. The number of nitrogens with zero attached hydrogens (tertiary/aromatic N) is 2. The molecule has 1 aromatic heterocycles. The minimum atomic E-state index is -0.521. The monoisotopic (exact) mass is 272 g/mol. The van der Waals surface area contributed by atoms with Crippen LogP contribution in [-0.2, 0) is 6.42 Å². The van der Waals surface area contributed by atoms with Crippen molar-refractivity contribution in [1.82, 2.24) is 4.98 Å². The average molecular weight is 272 g/mol. The number of halogens is 1. The number of fused-ring (bicyclic) bond motifs is 1. The number of hydrogen-bond donors (Lipinski definition) is 1. The number of hydrogen-bond acceptors (Lipinski definition) is 3. The Bertz CT molecular complexity index is 612. The average Bonchev–Trinajstić information content (AvgIpc) is 2.89. The van der Waals surface area contributed by atoms with Crippen molar-refractivity contribution in [3.05, 3.63) is 53.6 Å². The summed E-state index contributed by atoms with van der Waals surface area (Å²) in [6.07, 6.45) is 2.78. The van der Waals surface area contributed by atoms with Crippen LogP contribution in [0.15, 0.2) is 36.5 Å². The van der Waals surface area contributed by atoms with Crippen LogP contribution in [0.2, 0.25) is 0 Å². The fourth-order valence-electron chi connectivity index (χ4n) is 2.58. The zero-order chi connectivity index (χ0) is 14.1. The van der Waals surface area contributed by atoms with Gasteiger partial charge in [-0.2, -0.15) is 0 Å². The summed E-state index contributed by atoms with van der Waals surface area (Å²) in [5.41, 5.74) is 3.68. The van der Waals surface area contributed by atoms with E-state index in [9.17, 15) is 9.50 Å². The Kier molecular flexibility index (Phi) is 3.40. The third-order valence-corrected chi connectivity index (χ3v) is 3.75. The molecule has 0 fully saturated rings. The molecule has 3 nitrogen and oxygen atoms in total. The minimum Gasteiger partial charge on any atom is -0.387 e. The Balaban J connectivity index is 1.90. The van der Waals surface area contributed by atoms with E-state index in [1.54, 1.807) is 12.3 Å². The number of aromatic nitrogens is 1. The standard InChI is InChI=1S/C16H17FN2O/c1-2-16(20)14-6-5-13(10-18-14)19-8-7-11-3-4-12(17)9-15(11)19/h3-6,9-10,16,20H,2,7-8H2,1H3. The van der Waals surface area contributed by atoms with E-state index in [4.69, 9.17) is 0 Å². The van der Waals surface area contributed by atoms with Gasteiger partial charge in [-0.25, -0.2) is 4.39 Å². The summed E-state index contributed by atoms with van der Waals surface area (Å²) < 4.78 is 13.4. The molecule has 2 heterocycles. The second kappa shape index (κ2) is 5.21. The van der Waals surface area contributed by atoms with Crippen molar-refractivity contribution < 1.29 is 9.50 Å². The van der Waals surface area contributed by atoms with Gasteiger partial charge in [-0.15, -0.1) is 0 Å². The van der Waals surface area contributed by atoms with Gasteiger partial charge in [0.05, 0.1) is 23.7 Å². The number of aliphatic hydroxyl groups excluding tert-OH is 1. The molecule has 0 amide bonds. The van der Waals surface area contributed by atoms with Gasteiger partial charge in [-0.1, -0.05) is 13.0 Å². The summed E-state index contributed by atoms with van der Waals surface area (Å²) in [4.78, 5) is 6.37. The van der Waals surface area contributed by atoms with E-state index < -0.39 is 6.10 Å². The van der Waals surface area contributed by atoms with E-state index in [1.165, 1.54) is 6.07 Å². The first-order chi connectivity index (χ1) is 9.69. The molecule has 1 aliphatic rings. The molecule has 0 radical (unpaired) electrons. The van der Waals surface area contributed by atoms with Crippen LogP contribution in [0.5, 0.6) is 0 Å². The van der Waals surface area contributed by atoms with E-state index in [0.29, 0.717) is 12.1 Å². The highest BCUT2D eigenvalue weighted by Crippen LogP contribution is 2.34.